The van der Waals surface area contributed by atoms with Crippen molar-refractivity contribution in [2.75, 3.05) is 40.4 Å². The van der Waals surface area contributed by atoms with Crippen molar-refractivity contribution in [2.24, 2.45) is 17.3 Å². The van der Waals surface area contributed by atoms with Crippen molar-refractivity contribution in [3.8, 4) is 22.5 Å². The number of cyclic esters (lactones) is 1. The van der Waals surface area contributed by atoms with Crippen LogP contribution in [0.25, 0.3) is 33.4 Å². The van der Waals surface area contributed by atoms with Crippen LogP contribution in [0.1, 0.15) is 90.1 Å². The summed E-state index contributed by atoms with van der Waals surface area (Å²) in [6.07, 6.45) is 4.32. The van der Waals surface area contributed by atoms with E-state index < -0.39 is 35.4 Å². The number of likely N-dealkylation sites (tertiary alicyclic amines) is 1. The van der Waals surface area contributed by atoms with Crippen molar-refractivity contribution in [1.29, 1.82) is 0 Å². The summed E-state index contributed by atoms with van der Waals surface area (Å²) >= 11 is 1.43. The first-order chi connectivity index (χ1) is 29.1. The summed E-state index contributed by atoms with van der Waals surface area (Å²) in [5.74, 6) is -1.01. The van der Waals surface area contributed by atoms with Crippen LogP contribution in [0.2, 0.25) is 0 Å². The molecule has 65 heavy (non-hydrogen) atoms. The molecule has 2 fully saturated rings. The molecule has 3 aromatic heterocycles. The molecule has 1 aromatic carbocycles. The number of nitrogens with one attached hydrogen (secondary N) is 2. The minimum atomic E-state index is -1.02. The Morgan fingerprint density at radius 1 is 1.09 bits per heavy atom. The standard InChI is InChI=1S/C46H62N8O6S.4H2S/c1-10-29-23-52(24-29)45(58)51(8)40(27(3)4)42(55)49-35-21-38-48-36(25-61-38)30-16-17-37-32(20-30)33(41(53(37)11-2)31-14-12-18-47-39(31)28(5)59-9)22-46(6,7)26-60-44(57)34-15-13-19-54(50-34)43(35)56;;;;/h12,14,16-18,20,25,27-29,34-35,40,50H,10-11,13,15,19,21-24,26H2,1-9H3,(H,49,55);4*1H2/t28-,34-,35-,40-;;;;/m0..../s1. The van der Waals surface area contributed by atoms with Gasteiger partial charge in [-0.15, -0.1) is 11.3 Å². The third-order valence-corrected chi connectivity index (χ3v) is 13.5. The molecule has 0 aliphatic carbocycles. The minimum Gasteiger partial charge on any atom is -0.464 e. The number of carbonyl (C=O) groups excluding carboxylic acids is 4. The predicted molar refractivity (Wildman–Crippen MR) is 278 cm³/mol. The van der Waals surface area contributed by atoms with Gasteiger partial charge in [0, 0.05) is 85.8 Å². The van der Waals surface area contributed by atoms with E-state index in [9.17, 15) is 19.2 Å². The van der Waals surface area contributed by atoms with Crippen LogP contribution in [0.5, 0.6) is 0 Å². The number of esters is 1. The van der Waals surface area contributed by atoms with E-state index in [1.165, 1.54) is 21.2 Å². The number of aromatic nitrogens is 3. The van der Waals surface area contributed by atoms with Crippen LogP contribution in [-0.2, 0) is 43.2 Å². The number of nitrogens with zero attached hydrogens (tertiary/aromatic N) is 6. The zero-order valence-electron chi connectivity index (χ0n) is 39.1. The van der Waals surface area contributed by atoms with Crippen LogP contribution < -0.4 is 10.7 Å². The van der Waals surface area contributed by atoms with Crippen LogP contribution in [0, 0.1) is 17.3 Å². The highest BCUT2D eigenvalue weighted by molar-refractivity contribution is 7.59. The van der Waals surface area contributed by atoms with E-state index in [1.54, 1.807) is 25.3 Å². The maximum atomic E-state index is 14.5. The second-order valence-electron chi connectivity index (χ2n) is 18.0. The molecule has 14 nitrogen and oxygen atoms in total. The van der Waals surface area contributed by atoms with Crippen molar-refractivity contribution < 1.29 is 28.7 Å². The van der Waals surface area contributed by atoms with Gasteiger partial charge in [0.05, 0.1) is 34.8 Å². The summed E-state index contributed by atoms with van der Waals surface area (Å²) in [6.45, 7) is 16.8. The lowest BCUT2D eigenvalue weighted by atomic mass is 9.84. The van der Waals surface area contributed by atoms with Gasteiger partial charge in [0.1, 0.15) is 18.1 Å². The summed E-state index contributed by atoms with van der Waals surface area (Å²) in [6, 6.07) is 7.67. The Balaban J connectivity index is 0.00000281. The molecule has 4 aromatic rings. The highest BCUT2D eigenvalue weighted by Crippen LogP contribution is 2.42. The lowest BCUT2D eigenvalue weighted by molar-refractivity contribution is -0.155. The molecule has 360 valence electrons. The molecule has 6 bridgehead atoms. The van der Waals surface area contributed by atoms with Crippen LogP contribution in [-0.4, -0.2) is 112 Å². The number of hydrogen-bond acceptors (Lipinski definition) is 10. The van der Waals surface area contributed by atoms with Gasteiger partial charge in [-0.2, -0.15) is 54.0 Å². The van der Waals surface area contributed by atoms with Crippen molar-refractivity contribution in [3.63, 3.8) is 0 Å². The van der Waals surface area contributed by atoms with Gasteiger partial charge in [0.2, 0.25) is 5.91 Å². The summed E-state index contributed by atoms with van der Waals surface area (Å²) in [4.78, 5) is 69.3. The van der Waals surface area contributed by atoms with Crippen LogP contribution in [0.3, 0.4) is 0 Å². The quantitative estimate of drug-likeness (QED) is 0.168. The Morgan fingerprint density at radius 2 is 1.82 bits per heavy atom. The monoisotopic (exact) mass is 990 g/mol. The summed E-state index contributed by atoms with van der Waals surface area (Å²) in [5, 5.41) is 8.22. The number of carbonyl (C=O) groups is 4. The van der Waals surface area contributed by atoms with Gasteiger partial charge >= 0.3 is 12.0 Å². The topological polar surface area (TPSA) is 151 Å². The second kappa shape index (κ2) is 23.5. The first kappa shape index (κ1) is 55.9. The minimum absolute atomic E-state index is 0. The molecule has 0 saturated carbocycles. The number of hydrogen-bond donors (Lipinski definition) is 2. The zero-order chi connectivity index (χ0) is 43.7. The van der Waals surface area contributed by atoms with E-state index in [-0.39, 0.29) is 91.0 Å². The normalized spacial score (nSPS) is 19.5. The van der Waals surface area contributed by atoms with Gasteiger partial charge in [0.25, 0.3) is 5.91 Å². The number of benzene rings is 1. The number of aryl methyl sites for hydroxylation is 1. The Hall–Kier alpha value is -3.46. The number of urea groups is 1. The summed E-state index contributed by atoms with van der Waals surface area (Å²) in [7, 11) is 3.35. The number of methoxy groups -OCH3 is 1. The lowest BCUT2D eigenvalue weighted by Gasteiger charge is -2.43. The van der Waals surface area contributed by atoms with Gasteiger partial charge in [-0.25, -0.2) is 15.2 Å². The first-order valence-electron chi connectivity index (χ1n) is 21.8. The molecule has 4 amide bonds. The van der Waals surface area contributed by atoms with Crippen LogP contribution in [0.15, 0.2) is 41.9 Å². The Labute approximate surface area is 416 Å². The van der Waals surface area contributed by atoms with E-state index in [4.69, 9.17) is 19.4 Å². The fourth-order valence-corrected chi connectivity index (χ4v) is 9.92. The van der Waals surface area contributed by atoms with Crippen molar-refractivity contribution in [3.05, 3.63) is 58.2 Å². The number of ether oxygens (including phenoxy) is 2. The fraction of sp³-hybridized carbons (Fsp3) is 0.565. The third-order valence-electron chi connectivity index (χ3n) is 12.6. The number of amides is 4. The third kappa shape index (κ3) is 11.8. The molecule has 4 atom stereocenters. The fourth-order valence-electron chi connectivity index (χ4n) is 9.07. The molecule has 0 radical (unpaired) electrons. The summed E-state index contributed by atoms with van der Waals surface area (Å²) in [5.41, 5.74) is 9.42. The largest absolute Gasteiger partial charge is 0.464 e. The maximum Gasteiger partial charge on any atom is 0.324 e. The van der Waals surface area contributed by atoms with Gasteiger partial charge in [0.15, 0.2) is 0 Å². The zero-order valence-corrected chi connectivity index (χ0v) is 43.9. The van der Waals surface area contributed by atoms with Crippen molar-refractivity contribution in [2.45, 2.75) is 111 Å². The van der Waals surface area contributed by atoms with Gasteiger partial charge in [-0.1, -0.05) is 40.7 Å². The Bertz CT molecular complexity index is 2280. The smallest absolute Gasteiger partial charge is 0.324 e. The van der Waals surface area contributed by atoms with E-state index in [0.29, 0.717) is 56.4 Å². The average Bonchev–Trinajstić information content (AvgIpc) is 3.82. The molecule has 3 aliphatic heterocycles. The van der Waals surface area contributed by atoms with Gasteiger partial charge in [-0.05, 0) is 81.2 Å². The van der Waals surface area contributed by atoms with E-state index in [0.717, 1.165) is 51.1 Å². The molecule has 2 N–H and O–H groups in total. The number of likely N-dealkylation sites (N-methyl/N-ethyl adjacent to an activating group) is 1. The maximum absolute atomic E-state index is 14.5. The van der Waals surface area contributed by atoms with Gasteiger partial charge < -0.3 is 29.2 Å². The van der Waals surface area contributed by atoms with Crippen molar-refractivity contribution in [1.82, 2.24) is 40.1 Å². The molecule has 0 spiro atoms. The van der Waals surface area contributed by atoms with Gasteiger partial charge in [-0.3, -0.25) is 24.4 Å². The summed E-state index contributed by atoms with van der Waals surface area (Å²) < 4.78 is 14.2. The Kier molecular flexibility index (Phi) is 20.2. The number of fused-ring (bicyclic) bond motifs is 6. The second-order valence-corrected chi connectivity index (χ2v) is 19.0. The first-order valence-corrected chi connectivity index (χ1v) is 22.7. The molecule has 7 rings (SSSR count). The van der Waals surface area contributed by atoms with E-state index >= 15 is 0 Å². The van der Waals surface area contributed by atoms with E-state index in [1.807, 2.05) is 32.2 Å². The molecule has 3 aliphatic rings. The molecule has 19 heteroatoms. The number of hydrazine groups is 1. The van der Waals surface area contributed by atoms with Crippen molar-refractivity contribution >= 4 is 100 Å². The highest BCUT2D eigenvalue weighted by Gasteiger charge is 2.40. The van der Waals surface area contributed by atoms with E-state index in [2.05, 4.69) is 67.3 Å². The number of thiazole rings is 1. The Morgan fingerprint density at radius 3 is 2.48 bits per heavy atom. The molecule has 6 heterocycles. The molecule has 2 saturated heterocycles. The number of rotatable bonds is 9. The average molecular weight is 991 g/mol. The molecular weight excluding hydrogens is 921 g/mol. The molecule has 0 unspecified atom stereocenters. The lowest BCUT2D eigenvalue weighted by Crippen LogP contribution is -2.63. The van der Waals surface area contributed by atoms with Crippen LogP contribution >= 0.6 is 65.3 Å². The number of pyridine rings is 1. The highest BCUT2D eigenvalue weighted by atomic mass is 32.1. The molecular formula is C46H70N8O6S5. The predicted octanol–water partition coefficient (Wildman–Crippen LogP) is 7.07. The van der Waals surface area contributed by atoms with Crippen LogP contribution in [0.4, 0.5) is 4.79 Å². The SMILES string of the molecule is CCC1CN(C(=O)N(C)[C@H](C(=O)N[C@H]2Cc3nc(cs3)-c3ccc4c(c3)c(c(-c3cccnc3[C@H](C)OC)n4CC)CC(C)(C)COC(=O)[C@@H]3CCCN(N3)C2=O)C(C)C)C1.S.S.S.S.